The topological polar surface area (TPSA) is 72.2 Å². The minimum atomic E-state index is -0.581. The Morgan fingerprint density at radius 3 is 2.69 bits per heavy atom. The van der Waals surface area contributed by atoms with Crippen molar-refractivity contribution in [2.45, 2.75) is 13.0 Å². The van der Waals surface area contributed by atoms with Gasteiger partial charge in [-0.3, -0.25) is 9.59 Å². The lowest BCUT2D eigenvalue weighted by atomic mass is 10.3. The number of hydrogen-bond acceptors (Lipinski definition) is 3. The summed E-state index contributed by atoms with van der Waals surface area (Å²) in [6, 6.07) is -0.581. The first-order valence-electron chi connectivity index (χ1n) is 3.83. The number of nitrogens with two attached hydrogens (primary N) is 1. The molecule has 0 heterocycles. The monoisotopic (exact) mass is 202 g/mol. The van der Waals surface area contributed by atoms with Crippen molar-refractivity contribution in [3.63, 3.8) is 0 Å². The summed E-state index contributed by atoms with van der Waals surface area (Å²) >= 11 is 1.50. The average molecular weight is 202 g/mol. The molecule has 0 rings (SSSR count). The maximum atomic E-state index is 10.8. The molecule has 0 radical (unpaired) electrons. The van der Waals surface area contributed by atoms with Crippen molar-refractivity contribution in [2.24, 2.45) is 5.73 Å². The molecule has 5 heteroatoms. The molecule has 0 aliphatic rings. The maximum absolute atomic E-state index is 10.8. The van der Waals surface area contributed by atoms with Crippen LogP contribution in [0.2, 0.25) is 0 Å². The fourth-order valence-electron chi connectivity index (χ4n) is 0.710. The van der Waals surface area contributed by atoms with E-state index in [4.69, 9.17) is 5.73 Å². The normalized spacial score (nSPS) is 11.8. The van der Waals surface area contributed by atoms with Gasteiger partial charge in [-0.15, -0.1) is 6.58 Å². The molecule has 0 saturated heterocycles. The van der Waals surface area contributed by atoms with Gasteiger partial charge in [0.15, 0.2) is 0 Å². The highest BCUT2D eigenvalue weighted by molar-refractivity contribution is 7.99. The van der Waals surface area contributed by atoms with Crippen molar-refractivity contribution in [1.29, 1.82) is 0 Å². The molecule has 0 unspecified atom stereocenters. The molecule has 0 aromatic carbocycles. The highest BCUT2D eigenvalue weighted by atomic mass is 32.2. The summed E-state index contributed by atoms with van der Waals surface area (Å²) in [5, 5.41) is 2.47. The lowest BCUT2D eigenvalue weighted by Gasteiger charge is -2.12. The zero-order chi connectivity index (χ0) is 10.3. The van der Waals surface area contributed by atoms with Crippen LogP contribution in [0.25, 0.3) is 0 Å². The summed E-state index contributed by atoms with van der Waals surface area (Å²) in [6.45, 7) is 4.89. The Hall–Kier alpha value is -0.970. The predicted molar refractivity (Wildman–Crippen MR) is 54.3 cm³/mol. The number of primary amides is 1. The van der Waals surface area contributed by atoms with Gasteiger partial charge < -0.3 is 11.1 Å². The molecule has 74 valence electrons. The number of rotatable bonds is 6. The largest absolute Gasteiger partial charge is 0.368 e. The van der Waals surface area contributed by atoms with Crippen molar-refractivity contribution >= 4 is 23.6 Å². The number of carbonyl (C=O) groups excluding carboxylic acids is 2. The summed E-state index contributed by atoms with van der Waals surface area (Å²) in [5.74, 6) is 0.472. The predicted octanol–water partition coefficient (Wildman–Crippen LogP) is -0.104. The van der Waals surface area contributed by atoms with Crippen molar-refractivity contribution in [1.82, 2.24) is 5.32 Å². The zero-order valence-electron chi connectivity index (χ0n) is 7.58. The Bertz CT molecular complexity index is 206. The van der Waals surface area contributed by atoms with E-state index in [1.54, 1.807) is 6.08 Å². The molecule has 0 spiro atoms. The van der Waals surface area contributed by atoms with Crippen LogP contribution in [0.5, 0.6) is 0 Å². The third kappa shape index (κ3) is 6.21. The summed E-state index contributed by atoms with van der Waals surface area (Å²) in [4.78, 5) is 21.4. The van der Waals surface area contributed by atoms with Crippen molar-refractivity contribution in [2.75, 3.05) is 11.5 Å². The van der Waals surface area contributed by atoms with E-state index in [0.29, 0.717) is 5.75 Å². The van der Waals surface area contributed by atoms with Crippen LogP contribution in [0.1, 0.15) is 6.92 Å². The van der Waals surface area contributed by atoms with Gasteiger partial charge in [0.1, 0.15) is 6.04 Å². The van der Waals surface area contributed by atoms with Crippen LogP contribution in [0.15, 0.2) is 12.7 Å². The van der Waals surface area contributed by atoms with Crippen LogP contribution in [0.4, 0.5) is 0 Å². The lowest BCUT2D eigenvalue weighted by molar-refractivity contribution is -0.125. The van der Waals surface area contributed by atoms with E-state index in [0.717, 1.165) is 5.75 Å². The van der Waals surface area contributed by atoms with Crippen LogP contribution in [0.3, 0.4) is 0 Å². The molecule has 0 aliphatic heterocycles. The molecular weight excluding hydrogens is 188 g/mol. The SMILES string of the molecule is C=CCSC[C@H](NC(C)=O)C(N)=O. The molecule has 0 fully saturated rings. The van der Waals surface area contributed by atoms with Gasteiger partial charge in [-0.2, -0.15) is 11.8 Å². The van der Waals surface area contributed by atoms with E-state index in [1.165, 1.54) is 18.7 Å². The van der Waals surface area contributed by atoms with E-state index < -0.39 is 11.9 Å². The molecule has 0 saturated carbocycles. The Balaban J connectivity index is 3.87. The van der Waals surface area contributed by atoms with Gasteiger partial charge in [0.05, 0.1) is 0 Å². The van der Waals surface area contributed by atoms with E-state index in [-0.39, 0.29) is 5.91 Å². The molecule has 0 aliphatic carbocycles. The number of thioether (sulfide) groups is 1. The minimum Gasteiger partial charge on any atom is -0.368 e. The Morgan fingerprint density at radius 1 is 1.69 bits per heavy atom. The average Bonchev–Trinajstić information content (AvgIpc) is 2.02. The first-order chi connectivity index (χ1) is 6.07. The highest BCUT2D eigenvalue weighted by Gasteiger charge is 2.15. The van der Waals surface area contributed by atoms with Gasteiger partial charge in [0.2, 0.25) is 11.8 Å². The Morgan fingerprint density at radius 2 is 2.31 bits per heavy atom. The molecule has 1 atom stereocenters. The zero-order valence-corrected chi connectivity index (χ0v) is 8.39. The molecule has 0 aromatic rings. The van der Waals surface area contributed by atoms with E-state index >= 15 is 0 Å². The number of amides is 2. The molecule has 4 nitrogen and oxygen atoms in total. The quantitative estimate of drug-likeness (QED) is 0.466. The molecular formula is C8H14N2O2S. The second kappa shape index (κ2) is 6.54. The lowest BCUT2D eigenvalue weighted by Crippen LogP contribution is -2.45. The van der Waals surface area contributed by atoms with Crippen LogP contribution >= 0.6 is 11.8 Å². The van der Waals surface area contributed by atoms with Crippen LogP contribution in [-0.4, -0.2) is 29.4 Å². The van der Waals surface area contributed by atoms with Gasteiger partial charge in [-0.05, 0) is 0 Å². The smallest absolute Gasteiger partial charge is 0.240 e. The van der Waals surface area contributed by atoms with E-state index in [9.17, 15) is 9.59 Å². The molecule has 0 aromatic heterocycles. The van der Waals surface area contributed by atoms with Crippen molar-refractivity contribution in [3.8, 4) is 0 Å². The Labute approximate surface area is 81.9 Å². The fraction of sp³-hybridized carbons (Fsp3) is 0.500. The molecule has 13 heavy (non-hydrogen) atoms. The van der Waals surface area contributed by atoms with Gasteiger partial charge in [0.25, 0.3) is 0 Å². The highest BCUT2D eigenvalue weighted by Crippen LogP contribution is 2.02. The standard InChI is InChI=1S/C8H14N2O2S/c1-3-4-13-5-7(8(9)12)10-6(2)11/h3,7H,1,4-5H2,2H3,(H2,9,12)(H,10,11)/t7-/m0/s1. The van der Waals surface area contributed by atoms with Crippen LogP contribution in [-0.2, 0) is 9.59 Å². The summed E-state index contributed by atoms with van der Waals surface area (Å²) in [7, 11) is 0. The van der Waals surface area contributed by atoms with Gasteiger partial charge >= 0.3 is 0 Å². The molecule has 2 amide bonds. The summed E-state index contributed by atoms with van der Waals surface area (Å²) in [5.41, 5.74) is 5.07. The van der Waals surface area contributed by atoms with Crippen molar-refractivity contribution in [3.05, 3.63) is 12.7 Å². The van der Waals surface area contributed by atoms with Crippen molar-refractivity contribution < 1.29 is 9.59 Å². The second-order valence-electron chi connectivity index (χ2n) is 2.48. The molecule has 3 N–H and O–H groups in total. The van der Waals surface area contributed by atoms with E-state index in [1.807, 2.05) is 0 Å². The number of hydrogen-bond donors (Lipinski definition) is 2. The van der Waals surface area contributed by atoms with Gasteiger partial charge in [0, 0.05) is 18.4 Å². The number of carbonyl (C=O) groups is 2. The first-order valence-corrected chi connectivity index (χ1v) is 4.98. The second-order valence-corrected chi connectivity index (χ2v) is 3.56. The maximum Gasteiger partial charge on any atom is 0.240 e. The van der Waals surface area contributed by atoms with Crippen LogP contribution in [0, 0.1) is 0 Å². The Kier molecular flexibility index (Phi) is 6.05. The minimum absolute atomic E-state index is 0.247. The van der Waals surface area contributed by atoms with Gasteiger partial charge in [-0.25, -0.2) is 0 Å². The van der Waals surface area contributed by atoms with Gasteiger partial charge in [-0.1, -0.05) is 6.08 Å². The third-order valence-corrected chi connectivity index (χ3v) is 2.28. The fourth-order valence-corrected chi connectivity index (χ4v) is 1.50. The number of nitrogens with one attached hydrogen (secondary N) is 1. The third-order valence-electron chi connectivity index (χ3n) is 1.24. The first kappa shape index (κ1) is 12.0. The molecule has 0 bridgehead atoms. The summed E-state index contributed by atoms with van der Waals surface area (Å²) in [6.07, 6.45) is 1.73. The van der Waals surface area contributed by atoms with E-state index in [2.05, 4.69) is 11.9 Å². The summed E-state index contributed by atoms with van der Waals surface area (Å²) < 4.78 is 0. The van der Waals surface area contributed by atoms with Crippen LogP contribution < -0.4 is 11.1 Å².